The second kappa shape index (κ2) is 16.8. The second-order valence-electron chi connectivity index (χ2n) is 5.55. The number of aliphatic hydroxyl groups excluding tert-OH is 1. The lowest BCUT2D eigenvalue weighted by Gasteiger charge is -2.00. The number of rotatable bonds is 14. The molecule has 0 aliphatic rings. The highest BCUT2D eigenvalue weighted by molar-refractivity contribution is 5.64. The molecule has 0 fully saturated rings. The van der Waals surface area contributed by atoms with E-state index in [0.717, 1.165) is 12.8 Å². The molecular weight excluding hydrogens is 288 g/mol. The maximum absolute atomic E-state index is 10.2. The van der Waals surface area contributed by atoms with Crippen molar-refractivity contribution in [1.29, 1.82) is 0 Å². The highest BCUT2D eigenvalue weighted by Crippen LogP contribution is 2.02. The third-order valence-electron chi connectivity index (χ3n) is 3.29. The van der Waals surface area contributed by atoms with E-state index in [2.05, 4.69) is 25.2 Å². The molecule has 0 saturated carbocycles. The van der Waals surface area contributed by atoms with E-state index >= 15 is 0 Å². The molecule has 3 heteroatoms. The third-order valence-corrected chi connectivity index (χ3v) is 3.29. The minimum absolute atomic E-state index is 0.0879. The van der Waals surface area contributed by atoms with E-state index in [4.69, 9.17) is 0 Å². The van der Waals surface area contributed by atoms with Crippen LogP contribution < -0.4 is 5.11 Å². The van der Waals surface area contributed by atoms with Gasteiger partial charge in [-0.2, -0.15) is 0 Å². The van der Waals surface area contributed by atoms with E-state index in [1.807, 2.05) is 24.3 Å². The molecule has 0 aromatic carbocycles. The van der Waals surface area contributed by atoms with E-state index in [0.29, 0.717) is 19.3 Å². The molecule has 0 aliphatic heterocycles. The van der Waals surface area contributed by atoms with Gasteiger partial charge in [0.25, 0.3) is 0 Å². The Balaban J connectivity index is 3.63. The van der Waals surface area contributed by atoms with Crippen molar-refractivity contribution in [2.75, 3.05) is 0 Å². The highest BCUT2D eigenvalue weighted by atomic mass is 16.4. The zero-order valence-corrected chi connectivity index (χ0v) is 14.3. The summed E-state index contributed by atoms with van der Waals surface area (Å²) in [5, 5.41) is 19.9. The number of carboxylic acid groups (broad SMARTS) is 1. The number of allylic oxidation sites excluding steroid dienone is 6. The van der Waals surface area contributed by atoms with Crippen molar-refractivity contribution in [2.24, 2.45) is 0 Å². The van der Waals surface area contributed by atoms with Crippen LogP contribution >= 0.6 is 0 Å². The lowest BCUT2D eigenvalue weighted by Crippen LogP contribution is -2.21. The van der Waals surface area contributed by atoms with Crippen molar-refractivity contribution in [3.63, 3.8) is 0 Å². The number of hydrogen-bond donors (Lipinski definition) is 1. The molecule has 0 saturated heterocycles. The fraction of sp³-hybridized carbons (Fsp3) is 0.550. The maximum Gasteiger partial charge on any atom is 0.0758 e. The second-order valence-corrected chi connectivity index (χ2v) is 5.55. The Labute approximate surface area is 141 Å². The molecule has 3 nitrogen and oxygen atoms in total. The van der Waals surface area contributed by atoms with Crippen LogP contribution in [0.2, 0.25) is 0 Å². The van der Waals surface area contributed by atoms with E-state index in [9.17, 15) is 15.0 Å². The topological polar surface area (TPSA) is 60.4 Å². The molecule has 0 spiro atoms. The Bertz CT molecular complexity index is 392. The Morgan fingerprint density at radius 2 is 1.74 bits per heavy atom. The first-order chi connectivity index (χ1) is 11.2. The standard InChI is InChI=1S/C20H32O3/c1-2-3-4-5-6-7-8-9-10-13-16-19(21)17-14-11-12-15-18-20(22)23/h6-7,9-11,13-14,16,19,21H,2-5,8,12,15,17-18H2,1H3,(H,22,23)/p-1/b7-6-,10-9-,14-11-,16-13+/t19-/m0/s1. The number of aliphatic carboxylic acids is 1. The summed E-state index contributed by atoms with van der Waals surface area (Å²) < 4.78 is 0. The van der Waals surface area contributed by atoms with Crippen LogP contribution in [0, 0.1) is 0 Å². The average Bonchev–Trinajstić information content (AvgIpc) is 2.52. The number of carboxylic acids is 1. The first-order valence-corrected chi connectivity index (χ1v) is 8.68. The summed E-state index contributed by atoms with van der Waals surface area (Å²) >= 11 is 0. The van der Waals surface area contributed by atoms with E-state index in [-0.39, 0.29) is 6.42 Å². The van der Waals surface area contributed by atoms with Crippen LogP contribution in [0.25, 0.3) is 0 Å². The van der Waals surface area contributed by atoms with Gasteiger partial charge in [0.05, 0.1) is 6.10 Å². The zero-order chi connectivity index (χ0) is 17.2. The average molecular weight is 319 g/mol. The van der Waals surface area contributed by atoms with Crippen LogP contribution in [0.1, 0.15) is 64.7 Å². The van der Waals surface area contributed by atoms with Crippen molar-refractivity contribution >= 4 is 5.97 Å². The van der Waals surface area contributed by atoms with Crippen molar-refractivity contribution in [2.45, 2.75) is 70.8 Å². The van der Waals surface area contributed by atoms with Gasteiger partial charge in [-0.05, 0) is 44.9 Å². The van der Waals surface area contributed by atoms with Crippen LogP contribution in [0.15, 0.2) is 48.6 Å². The summed E-state index contributed by atoms with van der Waals surface area (Å²) in [7, 11) is 0. The Kier molecular flexibility index (Phi) is 15.6. The molecular formula is C20H31O3-. The predicted molar refractivity (Wildman–Crippen MR) is 94.8 cm³/mol. The smallest absolute Gasteiger partial charge is 0.0758 e. The van der Waals surface area contributed by atoms with Crippen molar-refractivity contribution < 1.29 is 15.0 Å². The van der Waals surface area contributed by atoms with Crippen LogP contribution in [0.4, 0.5) is 0 Å². The summed E-state index contributed by atoms with van der Waals surface area (Å²) in [6, 6.07) is 0. The molecule has 1 atom stereocenters. The Hall–Kier alpha value is -1.61. The lowest BCUT2D eigenvalue weighted by molar-refractivity contribution is -0.305. The molecule has 0 radical (unpaired) electrons. The molecule has 23 heavy (non-hydrogen) atoms. The van der Waals surface area contributed by atoms with Gasteiger partial charge >= 0.3 is 0 Å². The quantitative estimate of drug-likeness (QED) is 0.300. The first-order valence-electron chi connectivity index (χ1n) is 8.68. The van der Waals surface area contributed by atoms with Crippen molar-refractivity contribution in [1.82, 2.24) is 0 Å². The Morgan fingerprint density at radius 1 is 1.00 bits per heavy atom. The number of carbonyl (C=O) groups is 1. The van der Waals surface area contributed by atoms with E-state index < -0.39 is 12.1 Å². The summed E-state index contributed by atoms with van der Waals surface area (Å²) in [5.74, 6) is -1.01. The summed E-state index contributed by atoms with van der Waals surface area (Å²) in [6.07, 6.45) is 23.1. The third kappa shape index (κ3) is 18.3. The Morgan fingerprint density at radius 3 is 2.48 bits per heavy atom. The van der Waals surface area contributed by atoms with Gasteiger partial charge < -0.3 is 15.0 Å². The van der Waals surface area contributed by atoms with E-state index in [1.165, 1.54) is 19.3 Å². The largest absolute Gasteiger partial charge is 0.550 e. The fourth-order valence-corrected chi connectivity index (χ4v) is 1.95. The molecule has 0 rings (SSSR count). The number of aliphatic hydroxyl groups is 1. The van der Waals surface area contributed by atoms with Gasteiger partial charge in [0.2, 0.25) is 0 Å². The number of hydrogen-bond acceptors (Lipinski definition) is 3. The normalized spacial score (nSPS) is 13.8. The van der Waals surface area contributed by atoms with E-state index in [1.54, 1.807) is 6.08 Å². The van der Waals surface area contributed by atoms with Crippen molar-refractivity contribution in [3.8, 4) is 0 Å². The summed E-state index contributed by atoms with van der Waals surface area (Å²) in [4.78, 5) is 10.2. The number of carbonyl (C=O) groups excluding carboxylic acids is 1. The molecule has 0 aromatic heterocycles. The molecule has 0 aliphatic carbocycles. The predicted octanol–water partition coefficient (Wildman–Crippen LogP) is 3.85. The lowest BCUT2D eigenvalue weighted by atomic mass is 10.2. The SMILES string of the molecule is CCCCC/C=C\C/C=C\C=C\[C@H](O)C/C=C\CCCC(=O)[O-]. The molecule has 130 valence electrons. The molecule has 0 unspecified atom stereocenters. The highest BCUT2D eigenvalue weighted by Gasteiger charge is 1.93. The molecule has 1 N–H and O–H groups in total. The van der Waals surface area contributed by atoms with Crippen molar-refractivity contribution in [3.05, 3.63) is 48.6 Å². The maximum atomic E-state index is 10.2. The van der Waals surface area contributed by atoms with Gasteiger partial charge in [-0.3, -0.25) is 0 Å². The molecule has 0 aromatic rings. The minimum Gasteiger partial charge on any atom is -0.550 e. The summed E-state index contributed by atoms with van der Waals surface area (Å²) in [6.45, 7) is 2.21. The summed E-state index contributed by atoms with van der Waals surface area (Å²) in [5.41, 5.74) is 0. The van der Waals surface area contributed by atoms with Crippen LogP contribution in [-0.4, -0.2) is 17.2 Å². The van der Waals surface area contributed by atoms with Gasteiger partial charge in [0.15, 0.2) is 0 Å². The van der Waals surface area contributed by atoms with Gasteiger partial charge in [0, 0.05) is 5.97 Å². The first kappa shape index (κ1) is 21.4. The van der Waals surface area contributed by atoms with Gasteiger partial charge in [-0.1, -0.05) is 68.4 Å². The molecule has 0 heterocycles. The van der Waals surface area contributed by atoms with Crippen LogP contribution in [0.3, 0.4) is 0 Å². The van der Waals surface area contributed by atoms with Crippen LogP contribution in [0.5, 0.6) is 0 Å². The van der Waals surface area contributed by atoms with Crippen LogP contribution in [-0.2, 0) is 4.79 Å². The molecule has 0 amide bonds. The van der Waals surface area contributed by atoms with Gasteiger partial charge in [-0.25, -0.2) is 0 Å². The minimum atomic E-state index is -1.01. The van der Waals surface area contributed by atoms with Gasteiger partial charge in [-0.15, -0.1) is 0 Å². The number of unbranched alkanes of at least 4 members (excludes halogenated alkanes) is 4. The monoisotopic (exact) mass is 319 g/mol. The molecule has 0 bridgehead atoms. The van der Waals surface area contributed by atoms with Gasteiger partial charge in [0.1, 0.15) is 0 Å². The zero-order valence-electron chi connectivity index (χ0n) is 14.3. The fourth-order valence-electron chi connectivity index (χ4n) is 1.95.